The summed E-state index contributed by atoms with van der Waals surface area (Å²) in [5.41, 5.74) is 0. The van der Waals surface area contributed by atoms with Crippen LogP contribution in [0.25, 0.3) is 0 Å². The van der Waals surface area contributed by atoms with Gasteiger partial charge < -0.3 is 9.84 Å². The summed E-state index contributed by atoms with van der Waals surface area (Å²) in [7, 11) is 1.64. The van der Waals surface area contributed by atoms with Crippen LogP contribution in [0.4, 0.5) is 0 Å². The maximum absolute atomic E-state index is 10.8. The van der Waals surface area contributed by atoms with E-state index >= 15 is 0 Å². The molecule has 2 aromatic rings. The number of methoxy groups -OCH3 is 1. The number of aromatic carboxylic acids is 1. The second-order valence-electron chi connectivity index (χ2n) is 3.43. The lowest BCUT2D eigenvalue weighted by Crippen LogP contribution is -2.04. The Labute approximate surface area is 116 Å². The van der Waals surface area contributed by atoms with E-state index in [0.717, 1.165) is 17.8 Å². The van der Waals surface area contributed by atoms with E-state index in [2.05, 4.69) is 20.5 Å². The molecule has 0 spiro atoms. The van der Waals surface area contributed by atoms with Crippen LogP contribution in [0.3, 0.4) is 0 Å². The number of hydrogen-bond acceptors (Lipinski definition) is 8. The quantitative estimate of drug-likeness (QED) is 0.756. The molecular formula is C9H11N5O3S2. The van der Waals surface area contributed by atoms with Gasteiger partial charge in [0.15, 0.2) is 4.34 Å². The zero-order chi connectivity index (χ0) is 13.7. The van der Waals surface area contributed by atoms with Crippen molar-refractivity contribution in [3.8, 4) is 0 Å². The van der Waals surface area contributed by atoms with Crippen molar-refractivity contribution in [2.45, 2.75) is 22.5 Å². The number of carboxylic acids is 1. The van der Waals surface area contributed by atoms with E-state index in [1.54, 1.807) is 11.8 Å². The van der Waals surface area contributed by atoms with E-state index in [-0.39, 0.29) is 4.88 Å². The molecule has 0 aliphatic rings. The Morgan fingerprint density at radius 2 is 2.47 bits per heavy atom. The number of rotatable bonds is 7. The van der Waals surface area contributed by atoms with E-state index in [9.17, 15) is 4.79 Å². The molecule has 19 heavy (non-hydrogen) atoms. The Hall–Kier alpha value is -1.52. The Kier molecular flexibility index (Phi) is 4.82. The summed E-state index contributed by atoms with van der Waals surface area (Å²) in [5.74, 6) is -0.982. The fourth-order valence-corrected chi connectivity index (χ4v) is 2.97. The normalized spacial score (nSPS) is 10.8. The van der Waals surface area contributed by atoms with Gasteiger partial charge in [0.25, 0.3) is 0 Å². The molecule has 0 fully saturated rings. The lowest BCUT2D eigenvalue weighted by atomic mass is 10.5. The van der Waals surface area contributed by atoms with Gasteiger partial charge in [0, 0.05) is 20.3 Å². The van der Waals surface area contributed by atoms with E-state index < -0.39 is 5.97 Å². The molecule has 0 bridgehead atoms. The summed E-state index contributed by atoms with van der Waals surface area (Å²) in [6.07, 6.45) is 2.13. The van der Waals surface area contributed by atoms with Crippen molar-refractivity contribution in [2.24, 2.45) is 0 Å². The molecule has 102 valence electrons. The van der Waals surface area contributed by atoms with Gasteiger partial charge in [-0.05, 0) is 28.6 Å². The predicted octanol–water partition coefficient (Wildman–Crippen LogP) is 1.02. The Morgan fingerprint density at radius 3 is 3.16 bits per heavy atom. The average molecular weight is 301 g/mol. The molecule has 2 aromatic heterocycles. The third-order valence-electron chi connectivity index (χ3n) is 2.09. The number of aryl methyl sites for hydroxylation is 1. The Morgan fingerprint density at radius 1 is 1.63 bits per heavy atom. The highest BCUT2D eigenvalue weighted by Crippen LogP contribution is 2.29. The van der Waals surface area contributed by atoms with E-state index in [1.165, 1.54) is 18.0 Å². The number of thiazole rings is 1. The van der Waals surface area contributed by atoms with Crippen LogP contribution in [0.1, 0.15) is 16.1 Å². The van der Waals surface area contributed by atoms with Gasteiger partial charge in [-0.25, -0.2) is 14.5 Å². The molecule has 0 aliphatic carbocycles. The fraction of sp³-hybridized carbons (Fsp3) is 0.444. The minimum Gasteiger partial charge on any atom is -0.477 e. The molecule has 2 heterocycles. The number of aromatic nitrogens is 5. The van der Waals surface area contributed by atoms with Crippen molar-refractivity contribution < 1.29 is 14.6 Å². The van der Waals surface area contributed by atoms with Gasteiger partial charge in [0.2, 0.25) is 5.16 Å². The largest absolute Gasteiger partial charge is 0.477 e. The van der Waals surface area contributed by atoms with Crippen LogP contribution < -0.4 is 0 Å². The zero-order valence-electron chi connectivity index (χ0n) is 10.0. The van der Waals surface area contributed by atoms with E-state index in [4.69, 9.17) is 9.84 Å². The summed E-state index contributed by atoms with van der Waals surface area (Å²) in [6, 6.07) is 0. The van der Waals surface area contributed by atoms with Gasteiger partial charge in [0.1, 0.15) is 4.88 Å². The number of carbonyl (C=O) groups is 1. The number of carboxylic acid groups (broad SMARTS) is 1. The highest BCUT2D eigenvalue weighted by Gasteiger charge is 2.13. The van der Waals surface area contributed by atoms with Gasteiger partial charge in [-0.15, -0.1) is 16.4 Å². The summed E-state index contributed by atoms with van der Waals surface area (Å²) >= 11 is 2.34. The van der Waals surface area contributed by atoms with Crippen molar-refractivity contribution in [2.75, 3.05) is 13.7 Å². The first-order valence-electron chi connectivity index (χ1n) is 5.33. The van der Waals surface area contributed by atoms with Crippen LogP contribution in [0.15, 0.2) is 15.7 Å². The molecule has 8 nitrogen and oxygen atoms in total. The average Bonchev–Trinajstić information content (AvgIpc) is 3.00. The number of hydrogen-bond donors (Lipinski definition) is 1. The standard InChI is InChI=1S/C9H11N5O3S2/c1-17-4-2-3-14-8(11-12-13-14)19-9-10-5-6(18-9)7(15)16/h5H,2-4H2,1H3,(H,15,16). The number of ether oxygens (including phenoxy) is 1. The highest BCUT2D eigenvalue weighted by atomic mass is 32.2. The van der Waals surface area contributed by atoms with Gasteiger partial charge in [-0.1, -0.05) is 0 Å². The van der Waals surface area contributed by atoms with Gasteiger partial charge in [-0.2, -0.15) is 0 Å². The SMILES string of the molecule is COCCCn1nnnc1Sc1ncc(C(=O)O)s1. The minimum absolute atomic E-state index is 0.195. The van der Waals surface area contributed by atoms with Gasteiger partial charge in [0.05, 0.1) is 6.20 Å². The van der Waals surface area contributed by atoms with Crippen molar-refractivity contribution in [3.63, 3.8) is 0 Å². The molecule has 0 atom stereocenters. The van der Waals surface area contributed by atoms with E-state index in [0.29, 0.717) is 22.6 Å². The van der Waals surface area contributed by atoms with Crippen molar-refractivity contribution in [1.82, 2.24) is 25.2 Å². The molecule has 0 aromatic carbocycles. The first-order valence-corrected chi connectivity index (χ1v) is 6.96. The molecule has 0 amide bonds. The van der Waals surface area contributed by atoms with Crippen LogP contribution in [0.5, 0.6) is 0 Å². The number of tetrazole rings is 1. The smallest absolute Gasteiger partial charge is 0.347 e. The Balaban J connectivity index is 2.01. The van der Waals surface area contributed by atoms with Crippen molar-refractivity contribution >= 4 is 29.1 Å². The van der Waals surface area contributed by atoms with Crippen LogP contribution in [0.2, 0.25) is 0 Å². The maximum Gasteiger partial charge on any atom is 0.347 e. The number of nitrogens with zero attached hydrogens (tertiary/aromatic N) is 5. The summed E-state index contributed by atoms with van der Waals surface area (Å²) in [4.78, 5) is 15.0. The third kappa shape index (κ3) is 3.72. The molecular weight excluding hydrogens is 290 g/mol. The van der Waals surface area contributed by atoms with Crippen LogP contribution in [0, 0.1) is 0 Å². The monoisotopic (exact) mass is 301 g/mol. The summed E-state index contributed by atoms with van der Waals surface area (Å²) in [5, 5.41) is 20.8. The summed E-state index contributed by atoms with van der Waals surface area (Å²) in [6.45, 7) is 1.27. The van der Waals surface area contributed by atoms with Crippen molar-refractivity contribution in [3.05, 3.63) is 11.1 Å². The molecule has 0 aliphatic heterocycles. The third-order valence-corrected chi connectivity index (χ3v) is 4.13. The molecule has 1 N–H and O–H groups in total. The van der Waals surface area contributed by atoms with Crippen LogP contribution in [-0.4, -0.2) is 50.0 Å². The maximum atomic E-state index is 10.8. The van der Waals surface area contributed by atoms with E-state index in [1.807, 2.05) is 0 Å². The van der Waals surface area contributed by atoms with Crippen molar-refractivity contribution in [1.29, 1.82) is 0 Å². The lowest BCUT2D eigenvalue weighted by Gasteiger charge is -2.01. The molecule has 10 heteroatoms. The molecule has 2 rings (SSSR count). The zero-order valence-corrected chi connectivity index (χ0v) is 11.6. The predicted molar refractivity (Wildman–Crippen MR) is 67.5 cm³/mol. The Bertz CT molecular complexity index is 556. The van der Waals surface area contributed by atoms with Crippen LogP contribution >= 0.6 is 23.1 Å². The first kappa shape index (κ1) is 13.9. The molecule has 0 saturated carbocycles. The fourth-order valence-electron chi connectivity index (χ4n) is 1.25. The molecule has 0 unspecified atom stereocenters. The second kappa shape index (κ2) is 6.59. The lowest BCUT2D eigenvalue weighted by molar-refractivity contribution is 0.0702. The summed E-state index contributed by atoms with van der Waals surface area (Å²) < 4.78 is 7.21. The molecule has 0 saturated heterocycles. The van der Waals surface area contributed by atoms with Gasteiger partial charge >= 0.3 is 5.97 Å². The first-order chi connectivity index (χ1) is 9.20. The molecule has 0 radical (unpaired) electrons. The topological polar surface area (TPSA) is 103 Å². The highest BCUT2D eigenvalue weighted by molar-refractivity contribution is 8.00. The second-order valence-corrected chi connectivity index (χ2v) is 5.67. The van der Waals surface area contributed by atoms with Gasteiger partial charge in [-0.3, -0.25) is 0 Å². The minimum atomic E-state index is -0.982. The van der Waals surface area contributed by atoms with Crippen LogP contribution in [-0.2, 0) is 11.3 Å².